The molecule has 2 aromatic rings. The van der Waals surface area contributed by atoms with E-state index < -0.39 is 19.7 Å². The lowest BCUT2D eigenvalue weighted by Crippen LogP contribution is -2.26. The number of aromatic nitrogens is 2. The van der Waals surface area contributed by atoms with Crippen LogP contribution in [0.25, 0.3) is 0 Å². The first-order valence-electron chi connectivity index (χ1n) is 6.81. The van der Waals surface area contributed by atoms with Crippen LogP contribution in [-0.4, -0.2) is 28.1 Å². The largest absolute Gasteiger partial charge is 0.322 e. The number of amides is 1. The molecule has 1 amide bonds. The van der Waals surface area contributed by atoms with Gasteiger partial charge in [0.05, 0.1) is 4.90 Å². The van der Waals surface area contributed by atoms with Crippen molar-refractivity contribution >= 4 is 62.2 Å². The molecule has 0 bridgehead atoms. The Morgan fingerprint density at radius 1 is 1.08 bits per heavy atom. The van der Waals surface area contributed by atoms with Crippen molar-refractivity contribution in [2.24, 2.45) is 0 Å². The lowest BCUT2D eigenvalue weighted by molar-refractivity contribution is -0.115. The van der Waals surface area contributed by atoms with E-state index in [0.29, 0.717) is 11.5 Å². The van der Waals surface area contributed by atoms with E-state index >= 15 is 0 Å². The Morgan fingerprint density at radius 3 is 2.20 bits per heavy atom. The molecule has 0 atom stereocenters. The molecule has 0 unspecified atom stereocenters. The molecule has 2 rings (SSSR count). The molecule has 0 saturated heterocycles. The van der Waals surface area contributed by atoms with Gasteiger partial charge in [-0.25, -0.2) is 18.4 Å². The zero-order valence-electron chi connectivity index (χ0n) is 13.0. The smallest absolute Gasteiger partial charge is 0.276 e. The van der Waals surface area contributed by atoms with E-state index in [2.05, 4.69) is 20.0 Å². The Bertz CT molecular complexity index is 876. The molecule has 25 heavy (non-hydrogen) atoms. The van der Waals surface area contributed by atoms with Crippen molar-refractivity contribution in [2.45, 2.75) is 22.5 Å². The van der Waals surface area contributed by atoms with Crippen LogP contribution in [-0.2, 0) is 14.8 Å². The first-order chi connectivity index (χ1) is 11.5. The molecule has 0 radical (unpaired) electrons. The van der Waals surface area contributed by atoms with Gasteiger partial charge >= 0.3 is 0 Å². The van der Waals surface area contributed by atoms with Gasteiger partial charge in [0.2, 0.25) is 0 Å². The molecule has 0 fully saturated rings. The van der Waals surface area contributed by atoms with Crippen LogP contribution in [0.5, 0.6) is 0 Å². The van der Waals surface area contributed by atoms with Crippen molar-refractivity contribution in [3.63, 3.8) is 0 Å². The highest BCUT2D eigenvalue weighted by molar-refractivity contribution is 7.92. The lowest BCUT2D eigenvalue weighted by Gasteiger charge is -2.12. The minimum Gasteiger partial charge on any atom is -0.322 e. The fraction of sp³-hybridized carbons (Fsp3) is 0.214. The Labute approximate surface area is 159 Å². The first kappa shape index (κ1) is 19.7. The molecule has 1 aromatic heterocycles. The maximum Gasteiger partial charge on any atom is 0.276 e. The van der Waals surface area contributed by atoms with Crippen molar-refractivity contribution in [1.82, 2.24) is 9.97 Å². The second-order valence-electron chi connectivity index (χ2n) is 5.02. The van der Waals surface area contributed by atoms with E-state index in [0.717, 1.165) is 0 Å². The third-order valence-corrected chi connectivity index (χ3v) is 4.77. The highest BCUT2D eigenvalue weighted by atomic mass is 35.6. The van der Waals surface area contributed by atoms with Crippen LogP contribution < -0.4 is 10.0 Å². The van der Waals surface area contributed by atoms with Crippen LogP contribution >= 0.6 is 34.8 Å². The van der Waals surface area contributed by atoms with Gasteiger partial charge in [-0.15, -0.1) is 0 Å². The quantitative estimate of drug-likeness (QED) is 0.735. The van der Waals surface area contributed by atoms with Gasteiger partial charge in [0, 0.05) is 17.4 Å². The zero-order chi connectivity index (χ0) is 18.8. The van der Waals surface area contributed by atoms with Crippen LogP contribution in [0, 0.1) is 13.8 Å². The second kappa shape index (κ2) is 7.33. The predicted molar refractivity (Wildman–Crippen MR) is 97.7 cm³/mol. The number of carbonyl (C=O) groups is 1. The molecular formula is C14H13Cl3N4O3S. The number of halogens is 3. The number of alkyl halides is 3. The summed E-state index contributed by atoms with van der Waals surface area (Å²) in [6.07, 6.45) is 0. The molecule has 0 aliphatic carbocycles. The van der Waals surface area contributed by atoms with Crippen molar-refractivity contribution in [3.05, 3.63) is 41.9 Å². The summed E-state index contributed by atoms with van der Waals surface area (Å²) < 4.78 is 25.0. The number of hydrogen-bond acceptors (Lipinski definition) is 5. The SMILES string of the molecule is Cc1cc(NS(=O)(=O)c2ccc(NC(=O)C(Cl)(Cl)Cl)cc2)nc(C)n1. The Kier molecular flexibility index (Phi) is 5.78. The molecule has 134 valence electrons. The third-order valence-electron chi connectivity index (χ3n) is 2.88. The molecule has 2 N–H and O–H groups in total. The minimum absolute atomic E-state index is 0.0201. The van der Waals surface area contributed by atoms with Crippen LogP contribution in [0.1, 0.15) is 11.5 Å². The summed E-state index contributed by atoms with van der Waals surface area (Å²) in [4.78, 5) is 19.7. The average molecular weight is 424 g/mol. The lowest BCUT2D eigenvalue weighted by atomic mass is 10.3. The Morgan fingerprint density at radius 2 is 1.68 bits per heavy atom. The molecule has 1 aromatic carbocycles. The fourth-order valence-corrected chi connectivity index (χ4v) is 3.02. The number of carbonyl (C=O) groups excluding carboxylic acids is 1. The van der Waals surface area contributed by atoms with E-state index in [9.17, 15) is 13.2 Å². The number of nitrogens with zero attached hydrogens (tertiary/aromatic N) is 2. The number of nitrogens with one attached hydrogen (secondary N) is 2. The molecule has 0 aliphatic heterocycles. The van der Waals surface area contributed by atoms with Crippen molar-refractivity contribution in [1.29, 1.82) is 0 Å². The van der Waals surface area contributed by atoms with Crippen LogP contribution in [0.2, 0.25) is 0 Å². The summed E-state index contributed by atoms with van der Waals surface area (Å²) in [5, 5.41) is 2.35. The Balaban J connectivity index is 2.19. The second-order valence-corrected chi connectivity index (χ2v) is 8.99. The molecule has 0 saturated carbocycles. The van der Waals surface area contributed by atoms with Crippen molar-refractivity contribution in [3.8, 4) is 0 Å². The predicted octanol–water partition coefficient (Wildman–Crippen LogP) is 3.20. The number of sulfonamides is 1. The fourth-order valence-electron chi connectivity index (χ4n) is 1.89. The topological polar surface area (TPSA) is 101 Å². The normalized spacial score (nSPS) is 11.9. The van der Waals surface area contributed by atoms with Gasteiger partial charge in [-0.3, -0.25) is 9.52 Å². The number of anilines is 2. The number of aryl methyl sites for hydroxylation is 2. The summed E-state index contributed by atoms with van der Waals surface area (Å²) >= 11 is 16.4. The minimum atomic E-state index is -3.85. The molecule has 1 heterocycles. The van der Waals surface area contributed by atoms with E-state index in [-0.39, 0.29) is 16.4 Å². The highest BCUT2D eigenvalue weighted by Gasteiger charge is 2.30. The van der Waals surface area contributed by atoms with E-state index in [1.165, 1.54) is 30.3 Å². The van der Waals surface area contributed by atoms with Gasteiger partial charge in [-0.05, 0) is 38.1 Å². The summed E-state index contributed by atoms with van der Waals surface area (Å²) in [5.74, 6) is -0.237. The van der Waals surface area contributed by atoms with E-state index in [1.807, 2.05) is 0 Å². The molecular weight excluding hydrogens is 411 g/mol. The molecule has 0 aliphatic rings. The number of rotatable bonds is 4. The standard InChI is InChI=1S/C14H13Cl3N4O3S/c1-8-7-12(19-9(2)18-8)21-25(23,24)11-5-3-10(4-6-11)20-13(22)14(15,16)17/h3-7H,1-2H3,(H,20,22)(H,18,19,21). The maximum atomic E-state index is 12.4. The summed E-state index contributed by atoms with van der Waals surface area (Å²) in [6, 6.07) is 6.87. The monoisotopic (exact) mass is 422 g/mol. The molecule has 11 heteroatoms. The van der Waals surface area contributed by atoms with E-state index in [4.69, 9.17) is 34.8 Å². The van der Waals surface area contributed by atoms with Crippen LogP contribution in [0.3, 0.4) is 0 Å². The molecule has 0 spiro atoms. The van der Waals surface area contributed by atoms with Gasteiger partial charge in [-0.1, -0.05) is 34.8 Å². The van der Waals surface area contributed by atoms with E-state index in [1.54, 1.807) is 13.8 Å². The zero-order valence-corrected chi connectivity index (χ0v) is 16.1. The third kappa shape index (κ3) is 5.43. The number of benzene rings is 1. The maximum absolute atomic E-state index is 12.4. The van der Waals surface area contributed by atoms with Gasteiger partial charge in [0.15, 0.2) is 0 Å². The summed E-state index contributed by atoms with van der Waals surface area (Å²) in [5.41, 5.74) is 0.916. The van der Waals surface area contributed by atoms with Gasteiger partial charge in [0.1, 0.15) is 11.6 Å². The highest BCUT2D eigenvalue weighted by Crippen LogP contribution is 2.28. The Hall–Kier alpha value is -1.61. The van der Waals surface area contributed by atoms with Gasteiger partial charge in [0.25, 0.3) is 19.7 Å². The first-order valence-corrected chi connectivity index (χ1v) is 9.42. The van der Waals surface area contributed by atoms with Crippen molar-refractivity contribution < 1.29 is 13.2 Å². The van der Waals surface area contributed by atoms with Crippen LogP contribution in [0.15, 0.2) is 35.2 Å². The van der Waals surface area contributed by atoms with Gasteiger partial charge < -0.3 is 5.32 Å². The average Bonchev–Trinajstić information content (AvgIpc) is 2.45. The van der Waals surface area contributed by atoms with Crippen molar-refractivity contribution in [2.75, 3.05) is 10.0 Å². The summed E-state index contributed by atoms with van der Waals surface area (Å²) in [7, 11) is -3.85. The van der Waals surface area contributed by atoms with Crippen LogP contribution in [0.4, 0.5) is 11.5 Å². The summed E-state index contributed by atoms with van der Waals surface area (Å²) in [6.45, 7) is 3.39. The molecule has 7 nitrogen and oxygen atoms in total. The number of hydrogen-bond donors (Lipinski definition) is 2. The van der Waals surface area contributed by atoms with Gasteiger partial charge in [-0.2, -0.15) is 0 Å².